The molecule has 1 aromatic rings. The molecule has 9 nitrogen and oxygen atoms in total. The van der Waals surface area contributed by atoms with Gasteiger partial charge in [0.1, 0.15) is 30.2 Å². The maximum Gasteiger partial charge on any atom is 0.269 e. The normalized spacial score (nSPS) is 32.7. The van der Waals surface area contributed by atoms with E-state index in [1.54, 1.807) is 0 Å². The fourth-order valence-electron chi connectivity index (χ4n) is 1.95. The lowest BCUT2D eigenvalue weighted by molar-refractivity contribution is -0.384. The van der Waals surface area contributed by atoms with Crippen molar-refractivity contribution in [2.24, 2.45) is 0 Å². The molecule has 9 heteroatoms. The number of non-ortho nitro benzene ring substituents is 1. The van der Waals surface area contributed by atoms with Gasteiger partial charge >= 0.3 is 0 Å². The van der Waals surface area contributed by atoms with E-state index >= 15 is 0 Å². The van der Waals surface area contributed by atoms with Crippen LogP contribution in [0.1, 0.15) is 0 Å². The molecule has 1 heterocycles. The molecule has 1 aliphatic rings. The smallest absolute Gasteiger partial charge is 0.269 e. The summed E-state index contributed by atoms with van der Waals surface area (Å²) in [6, 6.07) is 5.03. The van der Waals surface area contributed by atoms with Gasteiger partial charge in [-0.3, -0.25) is 10.1 Å². The molecule has 1 aliphatic heterocycles. The maximum absolute atomic E-state index is 10.5. The van der Waals surface area contributed by atoms with Gasteiger partial charge < -0.3 is 29.9 Å². The summed E-state index contributed by atoms with van der Waals surface area (Å²) in [7, 11) is 0. The number of ether oxygens (including phenoxy) is 2. The van der Waals surface area contributed by atoms with Crippen LogP contribution in [0.15, 0.2) is 24.3 Å². The Morgan fingerprint density at radius 3 is 2.29 bits per heavy atom. The van der Waals surface area contributed by atoms with Crippen LogP contribution in [0, 0.1) is 10.1 Å². The fraction of sp³-hybridized carbons (Fsp3) is 0.500. The number of aliphatic hydroxyl groups excluding tert-OH is 4. The molecule has 1 saturated heterocycles. The zero-order valence-corrected chi connectivity index (χ0v) is 10.8. The lowest BCUT2D eigenvalue weighted by atomic mass is 9.99. The van der Waals surface area contributed by atoms with Gasteiger partial charge in [0.25, 0.3) is 5.69 Å². The third-order valence-corrected chi connectivity index (χ3v) is 3.15. The highest BCUT2D eigenvalue weighted by Crippen LogP contribution is 2.25. The molecular weight excluding hydrogens is 286 g/mol. The Bertz CT molecular complexity index is 491. The summed E-state index contributed by atoms with van der Waals surface area (Å²) in [5, 5.41) is 48.6. The predicted octanol–water partition coefficient (Wildman–Crippen LogP) is -1.23. The highest BCUT2D eigenvalue weighted by Gasteiger charge is 2.44. The summed E-state index contributed by atoms with van der Waals surface area (Å²) in [4.78, 5) is 9.95. The van der Waals surface area contributed by atoms with E-state index in [0.29, 0.717) is 0 Å². The molecule has 0 radical (unpaired) electrons. The van der Waals surface area contributed by atoms with Crippen LogP contribution in [0.25, 0.3) is 0 Å². The first-order chi connectivity index (χ1) is 9.93. The summed E-state index contributed by atoms with van der Waals surface area (Å²) in [5.74, 6) is 0.171. The molecule has 0 spiro atoms. The summed E-state index contributed by atoms with van der Waals surface area (Å²) in [6.07, 6.45) is -6.94. The SMILES string of the molecule is O=[N+]([O-])c1ccc(O[C@@H]2OC(CO)[C@H](O)[C@H](O)[C@H]2O)cc1. The monoisotopic (exact) mass is 301 g/mol. The van der Waals surface area contributed by atoms with Crippen LogP contribution in [-0.4, -0.2) is 62.7 Å². The standard InChI is InChI=1S/C12H15NO8/c14-5-8-9(15)10(16)11(17)12(21-8)20-7-3-1-6(2-4-7)13(18)19/h1-4,8-12,14-17H,5H2/t8?,9-,10-,11+,12+/m0/s1. The minimum atomic E-state index is -1.54. The van der Waals surface area contributed by atoms with Crippen molar-refractivity contribution in [3.05, 3.63) is 34.4 Å². The molecule has 0 aliphatic carbocycles. The summed E-state index contributed by atoms with van der Waals surface area (Å²) in [5.41, 5.74) is -0.129. The van der Waals surface area contributed by atoms with Gasteiger partial charge in [0.15, 0.2) is 0 Å². The molecule has 21 heavy (non-hydrogen) atoms. The second-order valence-electron chi connectivity index (χ2n) is 4.57. The van der Waals surface area contributed by atoms with Crippen molar-refractivity contribution in [3.63, 3.8) is 0 Å². The summed E-state index contributed by atoms with van der Waals surface area (Å²) >= 11 is 0. The van der Waals surface area contributed by atoms with Gasteiger partial charge in [-0.1, -0.05) is 0 Å². The Morgan fingerprint density at radius 2 is 1.76 bits per heavy atom. The van der Waals surface area contributed by atoms with Gasteiger partial charge in [0.2, 0.25) is 6.29 Å². The molecule has 0 amide bonds. The first kappa shape index (κ1) is 15.6. The Kier molecular flexibility index (Phi) is 4.70. The predicted molar refractivity (Wildman–Crippen MR) is 67.5 cm³/mol. The van der Waals surface area contributed by atoms with Crippen molar-refractivity contribution in [2.75, 3.05) is 6.61 Å². The number of benzene rings is 1. The maximum atomic E-state index is 10.5. The van der Waals surface area contributed by atoms with E-state index in [-0.39, 0.29) is 11.4 Å². The Morgan fingerprint density at radius 1 is 1.14 bits per heavy atom. The molecule has 1 unspecified atom stereocenters. The van der Waals surface area contributed by atoms with E-state index in [1.165, 1.54) is 24.3 Å². The van der Waals surface area contributed by atoms with E-state index in [0.717, 1.165) is 0 Å². The molecule has 1 fully saturated rings. The second kappa shape index (κ2) is 6.33. The first-order valence-corrected chi connectivity index (χ1v) is 6.15. The zero-order chi connectivity index (χ0) is 15.6. The van der Waals surface area contributed by atoms with Crippen molar-refractivity contribution in [3.8, 4) is 5.75 Å². The number of aliphatic hydroxyl groups is 4. The number of rotatable bonds is 4. The molecule has 5 atom stereocenters. The van der Waals surface area contributed by atoms with E-state index in [2.05, 4.69) is 0 Å². The van der Waals surface area contributed by atoms with Gasteiger partial charge in [0.05, 0.1) is 11.5 Å². The molecule has 0 bridgehead atoms. The number of nitro benzene ring substituents is 1. The van der Waals surface area contributed by atoms with E-state index in [1.807, 2.05) is 0 Å². The van der Waals surface area contributed by atoms with E-state index in [4.69, 9.17) is 14.6 Å². The average Bonchev–Trinajstić information content (AvgIpc) is 2.48. The molecule has 0 saturated carbocycles. The molecule has 2 rings (SSSR count). The van der Waals surface area contributed by atoms with Crippen LogP contribution in [0.5, 0.6) is 5.75 Å². The summed E-state index contributed by atoms with van der Waals surface area (Å²) in [6.45, 7) is -0.564. The molecule has 1 aromatic carbocycles. The second-order valence-corrected chi connectivity index (χ2v) is 4.57. The Hall–Kier alpha value is -1.78. The van der Waals surface area contributed by atoms with Gasteiger partial charge in [-0.05, 0) is 12.1 Å². The molecular formula is C12H15NO8. The van der Waals surface area contributed by atoms with Crippen LogP contribution in [0.4, 0.5) is 5.69 Å². The van der Waals surface area contributed by atoms with Crippen LogP contribution < -0.4 is 4.74 Å². The van der Waals surface area contributed by atoms with Crippen LogP contribution in [-0.2, 0) is 4.74 Å². The lowest BCUT2D eigenvalue weighted by Gasteiger charge is -2.39. The average molecular weight is 301 g/mol. The minimum absolute atomic E-state index is 0.129. The quantitative estimate of drug-likeness (QED) is 0.400. The largest absolute Gasteiger partial charge is 0.462 e. The number of nitro groups is 1. The van der Waals surface area contributed by atoms with Gasteiger partial charge in [-0.25, -0.2) is 0 Å². The minimum Gasteiger partial charge on any atom is -0.462 e. The van der Waals surface area contributed by atoms with Gasteiger partial charge in [0, 0.05) is 12.1 Å². The highest BCUT2D eigenvalue weighted by molar-refractivity contribution is 5.36. The topological polar surface area (TPSA) is 143 Å². The van der Waals surface area contributed by atoms with Gasteiger partial charge in [-0.2, -0.15) is 0 Å². The summed E-state index contributed by atoms with van der Waals surface area (Å²) < 4.78 is 10.4. The van der Waals surface area contributed by atoms with E-state index < -0.39 is 42.2 Å². The third kappa shape index (κ3) is 3.28. The molecule has 116 valence electrons. The lowest BCUT2D eigenvalue weighted by Crippen LogP contribution is -2.60. The zero-order valence-electron chi connectivity index (χ0n) is 10.8. The Labute approximate surface area is 119 Å². The fourth-order valence-corrected chi connectivity index (χ4v) is 1.95. The molecule has 4 N–H and O–H groups in total. The van der Waals surface area contributed by atoms with E-state index in [9.17, 15) is 25.4 Å². The van der Waals surface area contributed by atoms with Crippen LogP contribution >= 0.6 is 0 Å². The van der Waals surface area contributed by atoms with Crippen LogP contribution in [0.2, 0.25) is 0 Å². The third-order valence-electron chi connectivity index (χ3n) is 3.15. The van der Waals surface area contributed by atoms with Crippen molar-refractivity contribution in [2.45, 2.75) is 30.7 Å². The van der Waals surface area contributed by atoms with Crippen molar-refractivity contribution >= 4 is 5.69 Å². The number of nitrogens with zero attached hydrogens (tertiary/aromatic N) is 1. The van der Waals surface area contributed by atoms with Crippen molar-refractivity contribution in [1.29, 1.82) is 0 Å². The highest BCUT2D eigenvalue weighted by atomic mass is 16.7. The first-order valence-electron chi connectivity index (χ1n) is 6.15. The number of hydrogen-bond donors (Lipinski definition) is 4. The Balaban J connectivity index is 2.08. The van der Waals surface area contributed by atoms with Gasteiger partial charge in [-0.15, -0.1) is 0 Å². The van der Waals surface area contributed by atoms with Crippen molar-refractivity contribution in [1.82, 2.24) is 0 Å². The van der Waals surface area contributed by atoms with Crippen molar-refractivity contribution < 1.29 is 34.8 Å². The van der Waals surface area contributed by atoms with Crippen LogP contribution in [0.3, 0.4) is 0 Å². The number of hydrogen-bond acceptors (Lipinski definition) is 8. The molecule has 0 aromatic heterocycles.